The van der Waals surface area contributed by atoms with Crippen LogP contribution in [0.3, 0.4) is 0 Å². The minimum absolute atomic E-state index is 0.733. The zero-order valence-electron chi connectivity index (χ0n) is 8.60. The van der Waals surface area contributed by atoms with Crippen LogP contribution in [0.1, 0.15) is 5.56 Å². The van der Waals surface area contributed by atoms with Gasteiger partial charge in [-0.1, -0.05) is 0 Å². The van der Waals surface area contributed by atoms with Gasteiger partial charge in [0.1, 0.15) is 0 Å². The maximum Gasteiger partial charge on any atom is 0.213 e. The van der Waals surface area contributed by atoms with Gasteiger partial charge in [-0.2, -0.15) is 5.10 Å². The third-order valence-electron chi connectivity index (χ3n) is 2.00. The lowest BCUT2D eigenvalue weighted by atomic mass is 10.4. The van der Waals surface area contributed by atoms with Gasteiger partial charge in [-0.25, -0.2) is 9.06 Å². The molecular weight excluding hydrogens is 212 g/mol. The van der Waals surface area contributed by atoms with Crippen molar-refractivity contribution in [3.63, 3.8) is 0 Å². The molecule has 0 saturated carbocycles. The Morgan fingerprint density at radius 1 is 1.60 bits per heavy atom. The highest BCUT2D eigenvalue weighted by atomic mass is 32.1. The van der Waals surface area contributed by atoms with Crippen LogP contribution in [-0.4, -0.2) is 21.3 Å². The Hall–Kier alpha value is -1.56. The van der Waals surface area contributed by atoms with Crippen molar-refractivity contribution in [2.45, 2.75) is 6.54 Å². The van der Waals surface area contributed by atoms with Gasteiger partial charge in [0, 0.05) is 36.8 Å². The Kier molecular flexibility index (Phi) is 2.86. The van der Waals surface area contributed by atoms with Gasteiger partial charge in [0.15, 0.2) is 5.82 Å². The third kappa shape index (κ3) is 2.27. The monoisotopic (exact) mass is 224 g/mol. The summed E-state index contributed by atoms with van der Waals surface area (Å²) in [4.78, 5) is 0. The number of hydrogen-bond acceptors (Lipinski definition) is 5. The minimum atomic E-state index is 0.733. The molecule has 2 aromatic heterocycles. The van der Waals surface area contributed by atoms with E-state index in [0.29, 0.717) is 0 Å². The first-order valence-electron chi connectivity index (χ1n) is 4.50. The number of aromatic nitrogens is 3. The van der Waals surface area contributed by atoms with Crippen molar-refractivity contribution in [2.24, 2.45) is 7.05 Å². The van der Waals surface area contributed by atoms with Crippen LogP contribution in [0.2, 0.25) is 0 Å². The van der Waals surface area contributed by atoms with Crippen LogP contribution in [0.15, 0.2) is 17.6 Å². The van der Waals surface area contributed by atoms with Crippen molar-refractivity contribution >= 4 is 17.4 Å². The van der Waals surface area contributed by atoms with Crippen LogP contribution < -0.4 is 10.1 Å². The van der Waals surface area contributed by atoms with E-state index in [0.717, 1.165) is 23.8 Å². The van der Waals surface area contributed by atoms with E-state index < -0.39 is 0 Å². The predicted molar refractivity (Wildman–Crippen MR) is 59.2 cm³/mol. The number of nitrogens with zero attached hydrogens (tertiary/aromatic N) is 3. The zero-order valence-corrected chi connectivity index (χ0v) is 9.41. The summed E-state index contributed by atoms with van der Waals surface area (Å²) in [5, 5.41) is 9.45. The molecule has 2 aromatic rings. The molecular formula is C9H12N4OS. The summed E-state index contributed by atoms with van der Waals surface area (Å²) in [5.74, 6) is 1.54. The number of anilines is 1. The second kappa shape index (κ2) is 4.31. The van der Waals surface area contributed by atoms with Gasteiger partial charge < -0.3 is 10.1 Å². The molecule has 1 N–H and O–H groups in total. The molecule has 0 amide bonds. The second-order valence-electron chi connectivity index (χ2n) is 3.08. The molecule has 0 unspecified atom stereocenters. The Labute approximate surface area is 91.9 Å². The molecule has 0 spiro atoms. The fourth-order valence-electron chi connectivity index (χ4n) is 1.23. The Bertz CT molecular complexity index is 423. The van der Waals surface area contributed by atoms with E-state index in [9.17, 15) is 0 Å². The quantitative estimate of drug-likeness (QED) is 0.855. The standard InChI is InChI=1S/C9H12N4OS/c1-13-9(14-2)3-8(12-13)10-4-7-5-11-15-6-7/h3,5-6H,4H2,1-2H3,(H,10,12). The van der Waals surface area contributed by atoms with E-state index in [-0.39, 0.29) is 0 Å². The van der Waals surface area contributed by atoms with Gasteiger partial charge in [-0.3, -0.25) is 0 Å². The first kappa shape index (κ1) is 9.97. The number of hydrogen-bond donors (Lipinski definition) is 1. The van der Waals surface area contributed by atoms with Crippen LogP contribution in [0.5, 0.6) is 5.88 Å². The SMILES string of the molecule is COc1cc(NCc2cnsc2)nn1C. The van der Waals surface area contributed by atoms with Gasteiger partial charge in [-0.05, 0) is 11.5 Å². The minimum Gasteiger partial charge on any atom is -0.481 e. The molecule has 0 aromatic carbocycles. The Morgan fingerprint density at radius 3 is 3.07 bits per heavy atom. The van der Waals surface area contributed by atoms with Gasteiger partial charge in [0.05, 0.1) is 7.11 Å². The molecule has 0 fully saturated rings. The molecule has 0 aliphatic heterocycles. The maximum atomic E-state index is 5.11. The highest BCUT2D eigenvalue weighted by Crippen LogP contribution is 2.15. The molecule has 0 atom stereocenters. The van der Waals surface area contributed by atoms with E-state index in [4.69, 9.17) is 4.74 Å². The van der Waals surface area contributed by atoms with Crippen LogP contribution >= 0.6 is 11.5 Å². The second-order valence-corrected chi connectivity index (χ2v) is 3.74. The molecule has 0 aliphatic rings. The lowest BCUT2D eigenvalue weighted by Gasteiger charge is -1.98. The third-order valence-corrected chi connectivity index (χ3v) is 2.64. The highest BCUT2D eigenvalue weighted by Gasteiger charge is 2.04. The average molecular weight is 224 g/mol. The summed E-state index contributed by atoms with van der Waals surface area (Å²) in [6.07, 6.45) is 1.85. The first-order valence-corrected chi connectivity index (χ1v) is 5.33. The van der Waals surface area contributed by atoms with Gasteiger partial charge in [0.2, 0.25) is 5.88 Å². The molecule has 6 heteroatoms. The molecule has 2 rings (SSSR count). The number of aryl methyl sites for hydroxylation is 1. The lowest BCUT2D eigenvalue weighted by molar-refractivity contribution is 0.373. The van der Waals surface area contributed by atoms with E-state index in [1.807, 2.05) is 24.7 Å². The van der Waals surface area contributed by atoms with E-state index in [2.05, 4.69) is 14.8 Å². The molecule has 0 bridgehead atoms. The first-order chi connectivity index (χ1) is 7.29. The molecule has 0 radical (unpaired) electrons. The number of ether oxygens (including phenoxy) is 1. The lowest BCUT2D eigenvalue weighted by Crippen LogP contribution is -2.00. The Morgan fingerprint density at radius 2 is 2.47 bits per heavy atom. The van der Waals surface area contributed by atoms with Crippen molar-refractivity contribution in [1.82, 2.24) is 14.2 Å². The van der Waals surface area contributed by atoms with Gasteiger partial charge in [-0.15, -0.1) is 0 Å². The Balaban J connectivity index is 1.99. The largest absolute Gasteiger partial charge is 0.481 e. The van der Waals surface area contributed by atoms with Crippen molar-refractivity contribution in [2.75, 3.05) is 12.4 Å². The van der Waals surface area contributed by atoms with Crippen LogP contribution in [0, 0.1) is 0 Å². The zero-order chi connectivity index (χ0) is 10.7. The normalized spacial score (nSPS) is 10.3. The fourth-order valence-corrected chi connectivity index (χ4v) is 1.77. The highest BCUT2D eigenvalue weighted by molar-refractivity contribution is 7.03. The van der Waals surface area contributed by atoms with Crippen LogP contribution in [0.4, 0.5) is 5.82 Å². The number of nitrogens with one attached hydrogen (secondary N) is 1. The van der Waals surface area contributed by atoms with Gasteiger partial charge in [0.25, 0.3) is 0 Å². The number of methoxy groups -OCH3 is 1. The summed E-state index contributed by atoms with van der Waals surface area (Å²) in [5.41, 5.74) is 1.16. The maximum absolute atomic E-state index is 5.11. The van der Waals surface area contributed by atoms with Crippen molar-refractivity contribution in [1.29, 1.82) is 0 Å². The fraction of sp³-hybridized carbons (Fsp3) is 0.333. The molecule has 0 aliphatic carbocycles. The molecule has 80 valence electrons. The smallest absolute Gasteiger partial charge is 0.213 e. The van der Waals surface area contributed by atoms with Crippen molar-refractivity contribution < 1.29 is 4.74 Å². The molecule has 0 saturated heterocycles. The molecule has 2 heterocycles. The predicted octanol–water partition coefficient (Wildman–Crippen LogP) is 1.50. The number of rotatable bonds is 4. The summed E-state index contributed by atoms with van der Waals surface area (Å²) in [6.45, 7) is 0.733. The topological polar surface area (TPSA) is 52.0 Å². The summed E-state index contributed by atoms with van der Waals surface area (Å²) >= 11 is 1.45. The van der Waals surface area contributed by atoms with Crippen molar-refractivity contribution in [3.05, 3.63) is 23.2 Å². The van der Waals surface area contributed by atoms with Crippen LogP contribution in [0.25, 0.3) is 0 Å². The summed E-state index contributed by atoms with van der Waals surface area (Å²) in [6, 6.07) is 1.86. The van der Waals surface area contributed by atoms with Crippen molar-refractivity contribution in [3.8, 4) is 5.88 Å². The summed E-state index contributed by atoms with van der Waals surface area (Å²) < 4.78 is 10.8. The van der Waals surface area contributed by atoms with E-state index in [1.165, 1.54) is 11.5 Å². The van der Waals surface area contributed by atoms with Gasteiger partial charge >= 0.3 is 0 Å². The van der Waals surface area contributed by atoms with E-state index >= 15 is 0 Å². The molecule has 5 nitrogen and oxygen atoms in total. The molecule has 15 heavy (non-hydrogen) atoms. The average Bonchev–Trinajstić information content (AvgIpc) is 2.83. The van der Waals surface area contributed by atoms with Crippen LogP contribution in [-0.2, 0) is 13.6 Å². The summed E-state index contributed by atoms with van der Waals surface area (Å²) in [7, 11) is 3.47. The van der Waals surface area contributed by atoms with E-state index in [1.54, 1.807) is 11.8 Å².